The second-order valence-electron chi connectivity index (χ2n) is 4.07. The van der Waals surface area contributed by atoms with Crippen LogP contribution in [0.5, 0.6) is 0 Å². The summed E-state index contributed by atoms with van der Waals surface area (Å²) < 4.78 is 1.66. The Hall–Kier alpha value is -1.16. The quantitative estimate of drug-likeness (QED) is 0.705. The largest absolute Gasteiger partial charge is 0.305 e. The molecule has 1 saturated heterocycles. The molecule has 0 radical (unpaired) electrons. The van der Waals surface area contributed by atoms with Crippen molar-refractivity contribution < 1.29 is 4.79 Å². The molecule has 0 aromatic carbocycles. The maximum Gasteiger partial charge on any atom is 0.202 e. The standard InChI is InChI=1S/C10H15N3O/c1-10(5-3-6-11-10)9(14)8-4-7-13(2)12-8/h4,7,11H,3,5-6H2,1-2H3. The molecule has 76 valence electrons. The average molecular weight is 193 g/mol. The maximum absolute atomic E-state index is 12.0. The molecule has 1 fully saturated rings. The first-order chi connectivity index (χ1) is 6.62. The third-order valence-corrected chi connectivity index (χ3v) is 2.82. The molecule has 1 atom stereocenters. The van der Waals surface area contributed by atoms with Crippen molar-refractivity contribution in [3.8, 4) is 0 Å². The number of hydrogen-bond acceptors (Lipinski definition) is 3. The molecule has 4 heteroatoms. The van der Waals surface area contributed by atoms with E-state index < -0.39 is 5.54 Å². The minimum atomic E-state index is -0.394. The Morgan fingerprint density at radius 1 is 1.71 bits per heavy atom. The second kappa shape index (κ2) is 3.20. The molecule has 0 spiro atoms. The van der Waals surface area contributed by atoms with E-state index in [-0.39, 0.29) is 5.78 Å². The number of hydrogen-bond donors (Lipinski definition) is 1. The molecule has 4 nitrogen and oxygen atoms in total. The first-order valence-electron chi connectivity index (χ1n) is 4.91. The summed E-state index contributed by atoms with van der Waals surface area (Å²) in [7, 11) is 1.82. The summed E-state index contributed by atoms with van der Waals surface area (Å²) in [4.78, 5) is 12.0. The van der Waals surface area contributed by atoms with E-state index in [1.54, 1.807) is 16.9 Å². The van der Waals surface area contributed by atoms with Gasteiger partial charge in [0.2, 0.25) is 5.78 Å². The van der Waals surface area contributed by atoms with E-state index in [1.807, 2.05) is 14.0 Å². The fraction of sp³-hybridized carbons (Fsp3) is 0.600. The molecule has 0 bridgehead atoms. The number of rotatable bonds is 2. The van der Waals surface area contributed by atoms with Gasteiger partial charge < -0.3 is 5.32 Å². The molecular weight excluding hydrogens is 178 g/mol. The highest BCUT2D eigenvalue weighted by Gasteiger charge is 2.37. The van der Waals surface area contributed by atoms with Gasteiger partial charge in [0.05, 0.1) is 5.54 Å². The Balaban J connectivity index is 2.23. The zero-order valence-corrected chi connectivity index (χ0v) is 8.58. The van der Waals surface area contributed by atoms with Gasteiger partial charge in [0, 0.05) is 13.2 Å². The molecule has 0 aliphatic carbocycles. The van der Waals surface area contributed by atoms with Gasteiger partial charge in [0.15, 0.2) is 0 Å². The molecular formula is C10H15N3O. The van der Waals surface area contributed by atoms with Crippen molar-refractivity contribution in [2.24, 2.45) is 7.05 Å². The van der Waals surface area contributed by atoms with E-state index in [0.29, 0.717) is 5.69 Å². The van der Waals surface area contributed by atoms with Crippen molar-refractivity contribution in [2.75, 3.05) is 6.54 Å². The van der Waals surface area contributed by atoms with E-state index in [4.69, 9.17) is 0 Å². The minimum absolute atomic E-state index is 0.107. The van der Waals surface area contributed by atoms with Crippen LogP contribution >= 0.6 is 0 Å². The number of aryl methyl sites for hydroxylation is 1. The maximum atomic E-state index is 12.0. The molecule has 1 aromatic heterocycles. The van der Waals surface area contributed by atoms with Gasteiger partial charge in [-0.25, -0.2) is 0 Å². The lowest BCUT2D eigenvalue weighted by molar-refractivity contribution is 0.0878. The Morgan fingerprint density at radius 2 is 2.50 bits per heavy atom. The Kier molecular flexibility index (Phi) is 2.15. The normalized spacial score (nSPS) is 26.7. The van der Waals surface area contributed by atoms with Gasteiger partial charge >= 0.3 is 0 Å². The van der Waals surface area contributed by atoms with Gasteiger partial charge in [-0.3, -0.25) is 9.48 Å². The predicted octanol–water partition coefficient (Wildman–Crippen LogP) is 0.745. The fourth-order valence-electron chi connectivity index (χ4n) is 1.91. The monoisotopic (exact) mass is 193 g/mol. The van der Waals surface area contributed by atoms with Crippen molar-refractivity contribution in [3.63, 3.8) is 0 Å². The number of Topliss-reactive ketones (excluding diaryl/α,β-unsaturated/α-hetero) is 1. The molecule has 14 heavy (non-hydrogen) atoms. The van der Waals surface area contributed by atoms with Gasteiger partial charge in [0.1, 0.15) is 5.69 Å². The van der Waals surface area contributed by atoms with E-state index >= 15 is 0 Å². The molecule has 2 rings (SSSR count). The van der Waals surface area contributed by atoms with E-state index in [1.165, 1.54) is 0 Å². The van der Waals surface area contributed by atoms with Crippen molar-refractivity contribution in [2.45, 2.75) is 25.3 Å². The zero-order chi connectivity index (χ0) is 10.2. The van der Waals surface area contributed by atoms with Gasteiger partial charge in [-0.2, -0.15) is 5.10 Å². The van der Waals surface area contributed by atoms with Crippen molar-refractivity contribution in [1.82, 2.24) is 15.1 Å². The lowest BCUT2D eigenvalue weighted by Crippen LogP contribution is -2.44. The molecule has 1 aliphatic rings. The van der Waals surface area contributed by atoms with Crippen LogP contribution in [0.15, 0.2) is 12.3 Å². The molecule has 2 heterocycles. The molecule has 1 unspecified atom stereocenters. The Bertz CT molecular complexity index is 350. The summed E-state index contributed by atoms with van der Waals surface area (Å²) >= 11 is 0. The van der Waals surface area contributed by atoms with Crippen LogP contribution in [0.1, 0.15) is 30.3 Å². The van der Waals surface area contributed by atoms with Crippen LogP contribution in [-0.2, 0) is 7.05 Å². The van der Waals surface area contributed by atoms with Gasteiger partial charge in [-0.05, 0) is 32.4 Å². The van der Waals surface area contributed by atoms with Gasteiger partial charge in [-0.15, -0.1) is 0 Å². The first-order valence-corrected chi connectivity index (χ1v) is 4.91. The smallest absolute Gasteiger partial charge is 0.202 e. The topological polar surface area (TPSA) is 46.9 Å². The van der Waals surface area contributed by atoms with Crippen LogP contribution in [0.25, 0.3) is 0 Å². The molecule has 1 aromatic rings. The highest BCUT2D eigenvalue weighted by atomic mass is 16.1. The Morgan fingerprint density at radius 3 is 3.00 bits per heavy atom. The number of aromatic nitrogens is 2. The third-order valence-electron chi connectivity index (χ3n) is 2.82. The highest BCUT2D eigenvalue weighted by molar-refractivity contribution is 6.01. The average Bonchev–Trinajstić information content (AvgIpc) is 2.74. The third kappa shape index (κ3) is 1.46. The van der Waals surface area contributed by atoms with Crippen LogP contribution in [0.2, 0.25) is 0 Å². The molecule has 0 amide bonds. The van der Waals surface area contributed by atoms with Crippen molar-refractivity contribution in [1.29, 1.82) is 0 Å². The van der Waals surface area contributed by atoms with Crippen LogP contribution < -0.4 is 5.32 Å². The van der Waals surface area contributed by atoms with Crippen molar-refractivity contribution in [3.05, 3.63) is 18.0 Å². The Labute approximate surface area is 83.3 Å². The number of nitrogens with zero attached hydrogens (tertiary/aromatic N) is 2. The van der Waals surface area contributed by atoms with E-state index in [2.05, 4.69) is 10.4 Å². The SMILES string of the molecule is Cn1ccc(C(=O)C2(C)CCCN2)n1. The molecule has 1 aliphatic heterocycles. The molecule has 1 N–H and O–H groups in total. The lowest BCUT2D eigenvalue weighted by atomic mass is 9.93. The minimum Gasteiger partial charge on any atom is -0.305 e. The number of carbonyl (C=O) groups is 1. The van der Waals surface area contributed by atoms with Gasteiger partial charge in [0.25, 0.3) is 0 Å². The summed E-state index contributed by atoms with van der Waals surface area (Å²) in [5, 5.41) is 7.37. The highest BCUT2D eigenvalue weighted by Crippen LogP contribution is 2.22. The second-order valence-corrected chi connectivity index (χ2v) is 4.07. The zero-order valence-electron chi connectivity index (χ0n) is 8.58. The van der Waals surface area contributed by atoms with Crippen molar-refractivity contribution >= 4 is 5.78 Å². The van der Waals surface area contributed by atoms with Crippen LogP contribution in [-0.4, -0.2) is 27.6 Å². The summed E-state index contributed by atoms with van der Waals surface area (Å²) in [5.74, 6) is 0.107. The van der Waals surface area contributed by atoms with Crippen LogP contribution in [0.4, 0.5) is 0 Å². The fourth-order valence-corrected chi connectivity index (χ4v) is 1.91. The summed E-state index contributed by atoms with van der Waals surface area (Å²) in [6.07, 6.45) is 3.77. The van der Waals surface area contributed by atoms with E-state index in [0.717, 1.165) is 19.4 Å². The summed E-state index contributed by atoms with van der Waals surface area (Å²) in [5.41, 5.74) is 0.165. The van der Waals surface area contributed by atoms with Crippen LogP contribution in [0, 0.1) is 0 Å². The van der Waals surface area contributed by atoms with E-state index in [9.17, 15) is 4.79 Å². The lowest BCUT2D eigenvalue weighted by Gasteiger charge is -2.20. The number of carbonyl (C=O) groups excluding carboxylic acids is 1. The van der Waals surface area contributed by atoms with Crippen LogP contribution in [0.3, 0.4) is 0 Å². The predicted molar refractivity (Wildman–Crippen MR) is 53.2 cm³/mol. The van der Waals surface area contributed by atoms with Gasteiger partial charge in [-0.1, -0.05) is 0 Å². The number of nitrogens with one attached hydrogen (secondary N) is 1. The summed E-state index contributed by atoms with van der Waals surface area (Å²) in [6.45, 7) is 2.88. The number of ketones is 1. The first kappa shape index (κ1) is 9.40. The molecule has 0 saturated carbocycles. The summed E-state index contributed by atoms with van der Waals surface area (Å²) in [6, 6.07) is 1.77.